The van der Waals surface area contributed by atoms with E-state index in [9.17, 15) is 18.0 Å². The number of hydrogen-bond acceptors (Lipinski definition) is 4. The van der Waals surface area contributed by atoms with Crippen molar-refractivity contribution < 1.29 is 18.0 Å². The molecule has 0 aliphatic carbocycles. The summed E-state index contributed by atoms with van der Waals surface area (Å²) in [6.45, 7) is 4.30. The van der Waals surface area contributed by atoms with E-state index in [0.717, 1.165) is 0 Å². The molecule has 7 heteroatoms. The maximum absolute atomic E-state index is 12.4. The molecule has 0 N–H and O–H groups in total. The highest BCUT2D eigenvalue weighted by molar-refractivity contribution is 7.89. The van der Waals surface area contributed by atoms with Gasteiger partial charge in [-0.2, -0.15) is 4.31 Å². The zero-order chi connectivity index (χ0) is 17.0. The second kappa shape index (κ2) is 6.89. The third-order valence-corrected chi connectivity index (χ3v) is 5.63. The minimum atomic E-state index is -3.55. The van der Waals surface area contributed by atoms with Gasteiger partial charge in [0.1, 0.15) is 0 Å². The fraction of sp³-hybridized carbons (Fsp3) is 0.250. The van der Waals surface area contributed by atoms with Crippen LogP contribution in [-0.2, 0) is 10.0 Å². The van der Waals surface area contributed by atoms with Crippen LogP contribution in [0.4, 0.5) is 0 Å². The van der Waals surface area contributed by atoms with Gasteiger partial charge >= 0.3 is 0 Å². The number of sulfonamides is 1. The summed E-state index contributed by atoms with van der Waals surface area (Å²) < 4.78 is 27.4. The second-order valence-electron chi connectivity index (χ2n) is 4.84. The molecule has 0 amide bonds. The molecular weight excluding hydrogens is 316 g/mol. The fourth-order valence-electron chi connectivity index (χ4n) is 2.30. The molecular formula is C16H18N2O4S. The summed E-state index contributed by atoms with van der Waals surface area (Å²) in [4.78, 5) is 23.4. The Bertz CT molecular complexity index is 803. The summed E-state index contributed by atoms with van der Waals surface area (Å²) in [6.07, 6.45) is 2.09. The smallest absolute Gasteiger partial charge is 0.262 e. The summed E-state index contributed by atoms with van der Waals surface area (Å²) in [7, 11) is -3.55. The Labute approximate surface area is 135 Å². The number of carbonyl (C=O) groups is 2. The minimum Gasteiger partial charge on any atom is -0.296 e. The maximum atomic E-state index is 12.4. The van der Waals surface area contributed by atoms with Crippen molar-refractivity contribution >= 4 is 22.2 Å². The molecule has 1 heterocycles. The Morgan fingerprint density at radius 2 is 1.74 bits per heavy atom. The number of carbonyl (C=O) groups excluding carboxylic acids is 2. The van der Waals surface area contributed by atoms with Crippen molar-refractivity contribution in [2.75, 3.05) is 13.1 Å². The first-order chi connectivity index (χ1) is 11.0. The van der Waals surface area contributed by atoms with Crippen LogP contribution >= 0.6 is 0 Å². The lowest BCUT2D eigenvalue weighted by atomic mass is 10.2. The van der Waals surface area contributed by atoms with Gasteiger partial charge in [0.05, 0.1) is 10.6 Å². The van der Waals surface area contributed by atoms with Crippen LogP contribution in [0.1, 0.15) is 34.7 Å². The Kier molecular flexibility index (Phi) is 5.12. The number of aldehydes is 1. The Balaban J connectivity index is 2.33. The molecule has 0 atom stereocenters. The lowest BCUT2D eigenvalue weighted by Crippen LogP contribution is -2.30. The average Bonchev–Trinajstić information content (AvgIpc) is 3.03. The van der Waals surface area contributed by atoms with E-state index in [0.29, 0.717) is 24.9 Å². The largest absolute Gasteiger partial charge is 0.296 e. The first kappa shape index (κ1) is 17.1. The molecule has 23 heavy (non-hydrogen) atoms. The highest BCUT2D eigenvalue weighted by Gasteiger charge is 2.22. The number of aromatic nitrogens is 1. The molecule has 0 spiro atoms. The molecule has 122 valence electrons. The van der Waals surface area contributed by atoms with Crippen LogP contribution in [-0.4, -0.2) is 42.6 Å². The van der Waals surface area contributed by atoms with Crippen molar-refractivity contribution in [2.45, 2.75) is 18.7 Å². The monoisotopic (exact) mass is 334 g/mol. The van der Waals surface area contributed by atoms with Crippen LogP contribution in [0.3, 0.4) is 0 Å². The van der Waals surface area contributed by atoms with Crippen molar-refractivity contribution in [3.05, 3.63) is 53.9 Å². The van der Waals surface area contributed by atoms with E-state index in [2.05, 4.69) is 0 Å². The molecule has 2 aromatic rings. The molecule has 0 unspecified atom stereocenters. The summed E-state index contributed by atoms with van der Waals surface area (Å²) in [5, 5.41) is 0. The standard InChI is InChI=1S/C16H18N2O4S/c1-3-17(4-2)23(21,22)15-9-7-13(8-10-15)16(20)18-11-5-6-14(18)12-19/h5-12H,3-4H2,1-2H3. The molecule has 1 aromatic heterocycles. The van der Waals surface area contributed by atoms with Gasteiger partial charge in [0.25, 0.3) is 5.91 Å². The van der Waals surface area contributed by atoms with Gasteiger partial charge < -0.3 is 0 Å². The summed E-state index contributed by atoms with van der Waals surface area (Å²) >= 11 is 0. The molecule has 0 saturated carbocycles. The van der Waals surface area contributed by atoms with E-state index < -0.39 is 10.0 Å². The van der Waals surface area contributed by atoms with Crippen LogP contribution in [0.5, 0.6) is 0 Å². The van der Waals surface area contributed by atoms with Gasteiger partial charge in [0.2, 0.25) is 10.0 Å². The van der Waals surface area contributed by atoms with Crippen molar-refractivity contribution in [3.8, 4) is 0 Å². The third kappa shape index (κ3) is 3.25. The quantitative estimate of drug-likeness (QED) is 0.757. The normalized spacial score (nSPS) is 11.6. The minimum absolute atomic E-state index is 0.140. The Hall–Kier alpha value is -2.25. The average molecular weight is 334 g/mol. The van der Waals surface area contributed by atoms with Crippen molar-refractivity contribution in [1.82, 2.24) is 8.87 Å². The number of rotatable bonds is 6. The molecule has 2 rings (SSSR count). The van der Waals surface area contributed by atoms with Gasteiger partial charge in [-0.15, -0.1) is 0 Å². The summed E-state index contributed by atoms with van der Waals surface area (Å²) in [5.74, 6) is -0.385. The van der Waals surface area contributed by atoms with Crippen molar-refractivity contribution in [1.29, 1.82) is 0 Å². The highest BCUT2D eigenvalue weighted by atomic mass is 32.2. The van der Waals surface area contributed by atoms with Gasteiger partial charge in [0, 0.05) is 24.8 Å². The number of nitrogens with zero attached hydrogens (tertiary/aromatic N) is 2. The number of benzene rings is 1. The molecule has 0 aliphatic heterocycles. The SMILES string of the molecule is CCN(CC)S(=O)(=O)c1ccc(C(=O)n2cccc2C=O)cc1. The van der Waals surface area contributed by atoms with Crippen LogP contribution in [0.15, 0.2) is 47.5 Å². The first-order valence-electron chi connectivity index (χ1n) is 7.23. The van der Waals surface area contributed by atoms with Crippen LogP contribution in [0.25, 0.3) is 0 Å². The predicted molar refractivity (Wildman–Crippen MR) is 86.1 cm³/mol. The molecule has 6 nitrogen and oxygen atoms in total. The van der Waals surface area contributed by atoms with E-state index in [1.807, 2.05) is 0 Å². The van der Waals surface area contributed by atoms with Crippen LogP contribution in [0, 0.1) is 0 Å². The van der Waals surface area contributed by atoms with Gasteiger partial charge in [-0.1, -0.05) is 13.8 Å². The zero-order valence-electron chi connectivity index (χ0n) is 13.0. The Morgan fingerprint density at radius 1 is 1.13 bits per heavy atom. The molecule has 1 aromatic carbocycles. The molecule has 0 radical (unpaired) electrons. The van der Waals surface area contributed by atoms with E-state index in [1.54, 1.807) is 19.9 Å². The van der Waals surface area contributed by atoms with Crippen LogP contribution < -0.4 is 0 Å². The molecule has 0 aliphatic rings. The van der Waals surface area contributed by atoms with Crippen molar-refractivity contribution in [3.63, 3.8) is 0 Å². The van der Waals surface area contributed by atoms with E-state index in [-0.39, 0.29) is 16.5 Å². The van der Waals surface area contributed by atoms with Gasteiger partial charge in [-0.3, -0.25) is 14.2 Å². The second-order valence-corrected chi connectivity index (χ2v) is 6.78. The highest BCUT2D eigenvalue weighted by Crippen LogP contribution is 2.17. The van der Waals surface area contributed by atoms with Gasteiger partial charge in [-0.25, -0.2) is 8.42 Å². The number of hydrogen-bond donors (Lipinski definition) is 0. The maximum Gasteiger partial charge on any atom is 0.262 e. The first-order valence-corrected chi connectivity index (χ1v) is 8.67. The van der Waals surface area contributed by atoms with E-state index >= 15 is 0 Å². The van der Waals surface area contributed by atoms with Gasteiger partial charge in [-0.05, 0) is 36.4 Å². The lowest BCUT2D eigenvalue weighted by molar-refractivity contribution is 0.0947. The molecule has 0 fully saturated rings. The summed E-state index contributed by atoms with van der Waals surface area (Å²) in [5.41, 5.74) is 0.553. The Morgan fingerprint density at radius 3 is 2.26 bits per heavy atom. The third-order valence-electron chi connectivity index (χ3n) is 3.56. The van der Waals surface area contributed by atoms with E-state index in [4.69, 9.17) is 0 Å². The van der Waals surface area contributed by atoms with E-state index in [1.165, 1.54) is 45.4 Å². The molecule has 0 bridgehead atoms. The predicted octanol–water partition coefficient (Wildman–Crippen LogP) is 2.02. The van der Waals surface area contributed by atoms with Crippen LogP contribution in [0.2, 0.25) is 0 Å². The lowest BCUT2D eigenvalue weighted by Gasteiger charge is -2.18. The van der Waals surface area contributed by atoms with Crippen molar-refractivity contribution in [2.24, 2.45) is 0 Å². The topological polar surface area (TPSA) is 76.5 Å². The molecule has 0 saturated heterocycles. The zero-order valence-corrected chi connectivity index (χ0v) is 13.8. The fourth-order valence-corrected chi connectivity index (χ4v) is 3.75. The summed E-state index contributed by atoms with van der Waals surface area (Å²) in [6, 6.07) is 8.85. The van der Waals surface area contributed by atoms with Gasteiger partial charge in [0.15, 0.2) is 6.29 Å².